The van der Waals surface area contributed by atoms with Crippen LogP contribution in [0.25, 0.3) is 0 Å². The van der Waals surface area contributed by atoms with Gasteiger partial charge in [-0.15, -0.1) is 6.42 Å². The average molecular weight is 252 g/mol. The van der Waals surface area contributed by atoms with Gasteiger partial charge in [0.1, 0.15) is 5.54 Å². The fourth-order valence-corrected chi connectivity index (χ4v) is 2.54. The summed E-state index contributed by atoms with van der Waals surface area (Å²) in [6, 6.07) is 0.506. The summed E-state index contributed by atoms with van der Waals surface area (Å²) in [7, 11) is 1.44. The second-order valence-corrected chi connectivity index (χ2v) is 5.11. The lowest BCUT2D eigenvalue weighted by Gasteiger charge is -2.31. The van der Waals surface area contributed by atoms with Crippen molar-refractivity contribution in [1.82, 2.24) is 10.2 Å². The van der Waals surface area contributed by atoms with Crippen molar-refractivity contribution < 1.29 is 9.53 Å². The highest BCUT2D eigenvalue weighted by Gasteiger charge is 2.40. The van der Waals surface area contributed by atoms with E-state index in [1.54, 1.807) is 0 Å². The van der Waals surface area contributed by atoms with Gasteiger partial charge in [-0.1, -0.05) is 5.92 Å². The maximum Gasteiger partial charge on any atom is 0.326 e. The van der Waals surface area contributed by atoms with Crippen LogP contribution < -0.4 is 5.32 Å². The molecule has 18 heavy (non-hydrogen) atoms. The minimum Gasteiger partial charge on any atom is -0.468 e. The third kappa shape index (κ3) is 3.47. The number of hydrogen-bond donors (Lipinski definition) is 1. The van der Waals surface area contributed by atoms with Gasteiger partial charge in [0.15, 0.2) is 0 Å². The van der Waals surface area contributed by atoms with Gasteiger partial charge in [-0.05, 0) is 39.7 Å². The number of nitrogens with one attached hydrogen (secondary N) is 1. The van der Waals surface area contributed by atoms with Crippen molar-refractivity contribution >= 4 is 5.97 Å². The van der Waals surface area contributed by atoms with Crippen molar-refractivity contribution in [2.75, 3.05) is 26.7 Å². The Morgan fingerprint density at radius 1 is 1.50 bits per heavy atom. The van der Waals surface area contributed by atoms with Crippen molar-refractivity contribution in [2.24, 2.45) is 0 Å². The molecule has 1 aliphatic rings. The molecule has 0 bridgehead atoms. The Morgan fingerprint density at radius 2 is 2.22 bits per heavy atom. The number of hydrogen-bond acceptors (Lipinski definition) is 4. The Kier molecular flexibility index (Phi) is 5.64. The van der Waals surface area contributed by atoms with Gasteiger partial charge < -0.3 is 9.64 Å². The Hall–Kier alpha value is -1.05. The maximum absolute atomic E-state index is 12.1. The Bertz CT molecular complexity index is 322. The van der Waals surface area contributed by atoms with Crippen LogP contribution in [0.5, 0.6) is 0 Å². The zero-order chi connectivity index (χ0) is 13.6. The number of nitrogens with zero attached hydrogens (tertiary/aromatic N) is 1. The van der Waals surface area contributed by atoms with E-state index < -0.39 is 5.54 Å². The third-order valence-electron chi connectivity index (χ3n) is 3.71. The monoisotopic (exact) mass is 252 g/mol. The molecule has 1 rings (SSSR count). The first-order chi connectivity index (χ1) is 8.55. The summed E-state index contributed by atoms with van der Waals surface area (Å²) in [6.45, 7) is 6.68. The predicted molar refractivity (Wildman–Crippen MR) is 72.1 cm³/mol. The van der Waals surface area contributed by atoms with Crippen LogP contribution in [0.2, 0.25) is 0 Å². The zero-order valence-corrected chi connectivity index (χ0v) is 11.7. The van der Waals surface area contributed by atoms with Crippen LogP contribution >= 0.6 is 0 Å². The number of esters is 1. The van der Waals surface area contributed by atoms with E-state index >= 15 is 0 Å². The standard InChI is InChI=1S/C14H24N2O2/c1-5-9-15-14(13(17)18-4)7-6-10-16(11-8-14)12(2)3/h1,12,15H,6-11H2,2-4H3. The molecule has 4 nitrogen and oxygen atoms in total. The first-order valence-electron chi connectivity index (χ1n) is 6.56. The lowest BCUT2D eigenvalue weighted by molar-refractivity contribution is -0.149. The molecule has 0 spiro atoms. The molecule has 0 saturated carbocycles. The number of likely N-dealkylation sites (tertiary alicyclic amines) is 1. The van der Waals surface area contributed by atoms with E-state index in [-0.39, 0.29) is 5.97 Å². The molecule has 1 atom stereocenters. The Balaban J connectivity index is 2.78. The Morgan fingerprint density at radius 3 is 2.78 bits per heavy atom. The highest BCUT2D eigenvalue weighted by atomic mass is 16.5. The van der Waals surface area contributed by atoms with Gasteiger partial charge >= 0.3 is 5.97 Å². The molecule has 0 amide bonds. The first-order valence-corrected chi connectivity index (χ1v) is 6.56. The maximum atomic E-state index is 12.1. The van der Waals surface area contributed by atoms with E-state index in [4.69, 9.17) is 11.2 Å². The number of carbonyl (C=O) groups excluding carboxylic acids is 1. The van der Waals surface area contributed by atoms with Gasteiger partial charge in [-0.2, -0.15) is 0 Å². The van der Waals surface area contributed by atoms with Gasteiger partial charge in [-0.3, -0.25) is 10.1 Å². The molecule has 1 saturated heterocycles. The molecule has 1 aliphatic heterocycles. The average Bonchev–Trinajstić information content (AvgIpc) is 2.59. The van der Waals surface area contributed by atoms with Crippen LogP contribution in [0.1, 0.15) is 33.1 Å². The van der Waals surface area contributed by atoms with E-state index in [0.717, 1.165) is 32.4 Å². The molecule has 0 aromatic rings. The summed E-state index contributed by atoms with van der Waals surface area (Å²) in [5.41, 5.74) is -0.606. The van der Waals surface area contributed by atoms with Crippen molar-refractivity contribution in [1.29, 1.82) is 0 Å². The van der Waals surface area contributed by atoms with E-state index in [2.05, 4.69) is 30.0 Å². The highest BCUT2D eigenvalue weighted by molar-refractivity contribution is 5.80. The molecular weight excluding hydrogens is 228 g/mol. The largest absolute Gasteiger partial charge is 0.468 e. The fourth-order valence-electron chi connectivity index (χ4n) is 2.54. The van der Waals surface area contributed by atoms with Crippen LogP contribution in [-0.2, 0) is 9.53 Å². The van der Waals surface area contributed by atoms with Crippen LogP contribution in [0, 0.1) is 12.3 Å². The summed E-state index contributed by atoms with van der Waals surface area (Å²) in [6.07, 6.45) is 7.79. The molecule has 0 aromatic carbocycles. The molecule has 1 fully saturated rings. The number of rotatable bonds is 4. The second-order valence-electron chi connectivity index (χ2n) is 5.11. The van der Waals surface area contributed by atoms with Crippen molar-refractivity contribution in [3.05, 3.63) is 0 Å². The van der Waals surface area contributed by atoms with Gasteiger partial charge in [0.25, 0.3) is 0 Å². The van der Waals surface area contributed by atoms with E-state index in [1.807, 2.05) is 0 Å². The number of carbonyl (C=O) groups is 1. The summed E-state index contributed by atoms with van der Waals surface area (Å²) in [5.74, 6) is 2.35. The fraction of sp³-hybridized carbons (Fsp3) is 0.786. The lowest BCUT2D eigenvalue weighted by Crippen LogP contribution is -2.53. The molecule has 0 aliphatic carbocycles. The summed E-state index contributed by atoms with van der Waals surface area (Å²) < 4.78 is 4.95. The predicted octanol–water partition coefficient (Wildman–Crippen LogP) is 1.02. The quantitative estimate of drug-likeness (QED) is 0.599. The van der Waals surface area contributed by atoms with Crippen molar-refractivity contribution in [3.8, 4) is 12.3 Å². The van der Waals surface area contributed by atoms with Gasteiger partial charge in [0.2, 0.25) is 0 Å². The van der Waals surface area contributed by atoms with Crippen molar-refractivity contribution in [2.45, 2.75) is 44.7 Å². The Labute approximate surface area is 110 Å². The van der Waals surface area contributed by atoms with Gasteiger partial charge in [0, 0.05) is 12.6 Å². The van der Waals surface area contributed by atoms with E-state index in [1.165, 1.54) is 7.11 Å². The molecule has 0 aromatic heterocycles. The lowest BCUT2D eigenvalue weighted by atomic mass is 9.90. The molecule has 1 unspecified atom stereocenters. The number of ether oxygens (including phenoxy) is 1. The smallest absolute Gasteiger partial charge is 0.326 e. The molecule has 0 radical (unpaired) electrons. The molecule has 102 valence electrons. The van der Waals surface area contributed by atoms with E-state index in [9.17, 15) is 4.79 Å². The number of methoxy groups -OCH3 is 1. The van der Waals surface area contributed by atoms with Crippen LogP contribution in [-0.4, -0.2) is 49.2 Å². The normalized spacial score (nSPS) is 25.5. The van der Waals surface area contributed by atoms with Crippen LogP contribution in [0.4, 0.5) is 0 Å². The van der Waals surface area contributed by atoms with Crippen LogP contribution in [0.3, 0.4) is 0 Å². The summed E-state index contributed by atoms with van der Waals surface area (Å²) in [4.78, 5) is 14.4. The first kappa shape index (κ1) is 15.0. The molecule has 4 heteroatoms. The third-order valence-corrected chi connectivity index (χ3v) is 3.71. The zero-order valence-electron chi connectivity index (χ0n) is 11.7. The van der Waals surface area contributed by atoms with Crippen LogP contribution in [0.15, 0.2) is 0 Å². The van der Waals surface area contributed by atoms with Crippen molar-refractivity contribution in [3.63, 3.8) is 0 Å². The molecular formula is C14H24N2O2. The molecule has 1 heterocycles. The second kappa shape index (κ2) is 6.77. The van der Waals surface area contributed by atoms with E-state index in [0.29, 0.717) is 12.6 Å². The minimum absolute atomic E-state index is 0.191. The molecule has 1 N–H and O–H groups in total. The SMILES string of the molecule is C#CCNC1(C(=O)OC)CCCN(C(C)C)CC1. The number of terminal acetylenes is 1. The minimum atomic E-state index is -0.606. The highest BCUT2D eigenvalue weighted by Crippen LogP contribution is 2.24. The van der Waals surface area contributed by atoms with Gasteiger partial charge in [0.05, 0.1) is 13.7 Å². The topological polar surface area (TPSA) is 41.6 Å². The summed E-state index contributed by atoms with van der Waals surface area (Å²) in [5, 5.41) is 3.20. The summed E-state index contributed by atoms with van der Waals surface area (Å²) >= 11 is 0. The van der Waals surface area contributed by atoms with Gasteiger partial charge in [-0.25, -0.2) is 0 Å².